The molecule has 108 valence electrons. The molecule has 1 N–H and O–H groups in total. The number of furan rings is 1. The molecule has 0 unspecified atom stereocenters. The molecule has 2 aromatic rings. The molecule has 1 aromatic carbocycles. The highest BCUT2D eigenvalue weighted by atomic mass is 32.2. The Labute approximate surface area is 119 Å². The van der Waals surface area contributed by atoms with E-state index in [0.717, 1.165) is 12.0 Å². The van der Waals surface area contributed by atoms with Crippen molar-refractivity contribution in [3.8, 4) is 0 Å². The summed E-state index contributed by atoms with van der Waals surface area (Å²) in [5.41, 5.74) is 1.03. The Hall–Kier alpha value is -1.59. The highest BCUT2D eigenvalue weighted by molar-refractivity contribution is 7.89. The Morgan fingerprint density at radius 2 is 1.90 bits per heavy atom. The van der Waals surface area contributed by atoms with Crippen LogP contribution in [0.3, 0.4) is 0 Å². The van der Waals surface area contributed by atoms with Crippen molar-refractivity contribution < 1.29 is 12.8 Å². The van der Waals surface area contributed by atoms with E-state index in [2.05, 4.69) is 4.72 Å². The van der Waals surface area contributed by atoms with Crippen LogP contribution in [0.25, 0.3) is 0 Å². The molecule has 4 nitrogen and oxygen atoms in total. The summed E-state index contributed by atoms with van der Waals surface area (Å²) in [6.07, 6.45) is 3.11. The summed E-state index contributed by atoms with van der Waals surface area (Å²) < 4.78 is 32.8. The molecule has 0 aliphatic heterocycles. The first kappa shape index (κ1) is 14.8. The van der Waals surface area contributed by atoms with Crippen molar-refractivity contribution in [3.63, 3.8) is 0 Å². The minimum atomic E-state index is -3.53. The Morgan fingerprint density at radius 1 is 1.20 bits per heavy atom. The second-order valence-corrected chi connectivity index (χ2v) is 6.51. The summed E-state index contributed by atoms with van der Waals surface area (Å²) in [6.45, 7) is 3.93. The maximum absolute atomic E-state index is 12.4. The van der Waals surface area contributed by atoms with Gasteiger partial charge < -0.3 is 4.42 Å². The van der Waals surface area contributed by atoms with Gasteiger partial charge >= 0.3 is 0 Å². The van der Waals surface area contributed by atoms with Gasteiger partial charge in [0.05, 0.1) is 17.2 Å². The number of nitrogens with one attached hydrogen (secondary N) is 1. The van der Waals surface area contributed by atoms with Crippen LogP contribution in [0.5, 0.6) is 0 Å². The summed E-state index contributed by atoms with van der Waals surface area (Å²) in [7, 11) is -3.53. The highest BCUT2D eigenvalue weighted by Gasteiger charge is 2.22. The molecule has 0 radical (unpaired) electrons. The van der Waals surface area contributed by atoms with Crippen molar-refractivity contribution in [1.29, 1.82) is 0 Å². The summed E-state index contributed by atoms with van der Waals surface area (Å²) in [5, 5.41) is 0. The Bertz CT molecular complexity index is 630. The van der Waals surface area contributed by atoms with E-state index in [4.69, 9.17) is 4.42 Å². The third-order valence-corrected chi connectivity index (χ3v) is 4.58. The van der Waals surface area contributed by atoms with Gasteiger partial charge in [0.2, 0.25) is 10.0 Å². The molecule has 1 aromatic heterocycles. The van der Waals surface area contributed by atoms with Crippen LogP contribution in [0.2, 0.25) is 0 Å². The molecule has 0 fully saturated rings. The molecule has 0 saturated heterocycles. The van der Waals surface area contributed by atoms with Crippen LogP contribution >= 0.6 is 0 Å². The molecule has 0 amide bonds. The number of benzene rings is 1. The first-order valence-corrected chi connectivity index (χ1v) is 8.13. The van der Waals surface area contributed by atoms with E-state index in [1.807, 2.05) is 13.8 Å². The average molecular weight is 293 g/mol. The molecule has 0 spiro atoms. The van der Waals surface area contributed by atoms with Gasteiger partial charge in [0, 0.05) is 0 Å². The van der Waals surface area contributed by atoms with E-state index in [1.54, 1.807) is 42.7 Å². The van der Waals surface area contributed by atoms with E-state index < -0.39 is 10.0 Å². The van der Waals surface area contributed by atoms with Gasteiger partial charge in [0.1, 0.15) is 5.76 Å². The molecular formula is C15H19NO3S. The first-order chi connectivity index (χ1) is 9.53. The van der Waals surface area contributed by atoms with Crippen molar-refractivity contribution >= 4 is 10.0 Å². The van der Waals surface area contributed by atoms with Crippen LogP contribution in [-0.2, 0) is 10.0 Å². The molecule has 1 atom stereocenters. The fourth-order valence-corrected chi connectivity index (χ4v) is 3.25. The average Bonchev–Trinajstić information content (AvgIpc) is 2.92. The largest absolute Gasteiger partial charge is 0.468 e. The first-order valence-electron chi connectivity index (χ1n) is 6.65. The lowest BCUT2D eigenvalue weighted by molar-refractivity contribution is 0.426. The smallest absolute Gasteiger partial charge is 0.241 e. The SMILES string of the molecule is CCC[C@H](NS(=O)(=O)c1ccc(C)cc1)c1ccco1. The van der Waals surface area contributed by atoms with Crippen molar-refractivity contribution in [3.05, 3.63) is 54.0 Å². The van der Waals surface area contributed by atoms with Crippen LogP contribution in [0.15, 0.2) is 52.0 Å². The predicted octanol–water partition coefficient (Wildman–Crippen LogP) is 3.41. The van der Waals surface area contributed by atoms with E-state index >= 15 is 0 Å². The van der Waals surface area contributed by atoms with Gasteiger partial charge in [-0.1, -0.05) is 31.0 Å². The normalized spacial score (nSPS) is 13.3. The minimum Gasteiger partial charge on any atom is -0.468 e. The summed E-state index contributed by atoms with van der Waals surface area (Å²) in [4.78, 5) is 0.274. The fourth-order valence-electron chi connectivity index (χ4n) is 2.01. The second kappa shape index (κ2) is 6.24. The van der Waals surface area contributed by atoms with Crippen LogP contribution < -0.4 is 4.72 Å². The van der Waals surface area contributed by atoms with Crippen LogP contribution in [0, 0.1) is 6.92 Å². The van der Waals surface area contributed by atoms with Gasteiger partial charge in [-0.2, -0.15) is 0 Å². The monoisotopic (exact) mass is 293 g/mol. The van der Waals surface area contributed by atoms with E-state index in [-0.39, 0.29) is 10.9 Å². The van der Waals surface area contributed by atoms with Crippen molar-refractivity contribution in [1.82, 2.24) is 4.72 Å². The maximum atomic E-state index is 12.4. The summed E-state index contributed by atoms with van der Waals surface area (Å²) in [6, 6.07) is 10.0. The molecular weight excluding hydrogens is 274 g/mol. The maximum Gasteiger partial charge on any atom is 0.241 e. The minimum absolute atomic E-state index is 0.274. The van der Waals surface area contributed by atoms with E-state index in [0.29, 0.717) is 12.2 Å². The third-order valence-electron chi connectivity index (χ3n) is 3.09. The van der Waals surface area contributed by atoms with Gasteiger partial charge in [-0.25, -0.2) is 13.1 Å². The zero-order valence-electron chi connectivity index (χ0n) is 11.7. The summed E-state index contributed by atoms with van der Waals surface area (Å²) >= 11 is 0. The van der Waals surface area contributed by atoms with Gasteiger partial charge in [-0.3, -0.25) is 0 Å². The number of aryl methyl sites for hydroxylation is 1. The molecule has 0 aliphatic rings. The molecule has 0 aliphatic carbocycles. The van der Waals surface area contributed by atoms with Crippen molar-refractivity contribution in [2.24, 2.45) is 0 Å². The molecule has 1 heterocycles. The predicted molar refractivity (Wildman–Crippen MR) is 77.9 cm³/mol. The van der Waals surface area contributed by atoms with Gasteiger partial charge in [-0.05, 0) is 37.6 Å². The third kappa shape index (κ3) is 3.49. The number of hydrogen-bond donors (Lipinski definition) is 1. The summed E-state index contributed by atoms with van der Waals surface area (Å²) in [5.74, 6) is 0.641. The van der Waals surface area contributed by atoms with Gasteiger partial charge in [-0.15, -0.1) is 0 Å². The van der Waals surface area contributed by atoms with Crippen LogP contribution in [-0.4, -0.2) is 8.42 Å². The van der Waals surface area contributed by atoms with Crippen molar-refractivity contribution in [2.75, 3.05) is 0 Å². The standard InChI is InChI=1S/C15H19NO3S/c1-3-5-14(15-6-4-11-19-15)16-20(17,18)13-9-7-12(2)8-10-13/h4,6-11,14,16H,3,5H2,1-2H3/t14-/m0/s1. The Balaban J connectivity index is 2.23. The number of rotatable bonds is 6. The lowest BCUT2D eigenvalue weighted by Crippen LogP contribution is -2.28. The van der Waals surface area contributed by atoms with E-state index in [9.17, 15) is 8.42 Å². The van der Waals surface area contributed by atoms with Gasteiger partial charge in [0.15, 0.2) is 0 Å². The topological polar surface area (TPSA) is 59.3 Å². The Kier molecular flexibility index (Phi) is 4.62. The lowest BCUT2D eigenvalue weighted by atomic mass is 10.1. The van der Waals surface area contributed by atoms with Crippen LogP contribution in [0.4, 0.5) is 0 Å². The Morgan fingerprint density at radius 3 is 2.45 bits per heavy atom. The molecule has 0 saturated carbocycles. The van der Waals surface area contributed by atoms with Crippen LogP contribution in [0.1, 0.15) is 37.1 Å². The number of sulfonamides is 1. The highest BCUT2D eigenvalue weighted by Crippen LogP contribution is 2.22. The second-order valence-electron chi connectivity index (χ2n) is 4.79. The zero-order chi connectivity index (χ0) is 14.6. The molecule has 20 heavy (non-hydrogen) atoms. The molecule has 0 bridgehead atoms. The number of hydrogen-bond acceptors (Lipinski definition) is 3. The zero-order valence-corrected chi connectivity index (χ0v) is 12.5. The van der Waals surface area contributed by atoms with E-state index in [1.165, 1.54) is 0 Å². The van der Waals surface area contributed by atoms with Crippen molar-refractivity contribution in [2.45, 2.75) is 37.6 Å². The molecule has 2 rings (SSSR count). The fraction of sp³-hybridized carbons (Fsp3) is 0.333. The lowest BCUT2D eigenvalue weighted by Gasteiger charge is -2.16. The quantitative estimate of drug-likeness (QED) is 0.888. The molecule has 5 heteroatoms. The van der Waals surface area contributed by atoms with Gasteiger partial charge in [0.25, 0.3) is 0 Å².